The Hall–Kier alpha value is -0.500. The smallest absolute Gasteiger partial charge is 0.0876 e. The third kappa shape index (κ3) is 2.47. The van der Waals surface area contributed by atoms with E-state index in [9.17, 15) is 5.11 Å². The summed E-state index contributed by atoms with van der Waals surface area (Å²) >= 11 is 0. The maximum atomic E-state index is 10.1. The van der Waals surface area contributed by atoms with Gasteiger partial charge in [-0.25, -0.2) is 0 Å². The van der Waals surface area contributed by atoms with E-state index in [4.69, 9.17) is 4.74 Å². The zero-order valence-electron chi connectivity index (χ0n) is 8.84. The highest BCUT2D eigenvalue weighted by Crippen LogP contribution is 2.32. The van der Waals surface area contributed by atoms with Crippen LogP contribution in [0, 0.1) is 5.41 Å². The van der Waals surface area contributed by atoms with Crippen LogP contribution in [0.25, 0.3) is 0 Å². The summed E-state index contributed by atoms with van der Waals surface area (Å²) in [6.07, 6.45) is 4.38. The fraction of sp³-hybridized carbons (Fsp3) is 0.818. The molecule has 2 nitrogen and oxygen atoms in total. The van der Waals surface area contributed by atoms with Crippen molar-refractivity contribution in [1.29, 1.82) is 0 Å². The van der Waals surface area contributed by atoms with Gasteiger partial charge in [0.25, 0.3) is 0 Å². The average Bonchev–Trinajstić information content (AvgIpc) is 2.18. The normalized spacial score (nSPS) is 20.5. The van der Waals surface area contributed by atoms with Crippen LogP contribution in [-0.2, 0) is 4.74 Å². The van der Waals surface area contributed by atoms with Gasteiger partial charge in [-0.3, -0.25) is 0 Å². The number of ether oxygens (including phenoxy) is 1. The fourth-order valence-corrected chi connectivity index (χ4v) is 1.48. The molecule has 0 saturated carbocycles. The molecule has 76 valence electrons. The SMILES string of the molecule is CCC(C)(C)C(O)C1=COCCC1. The Kier molecular flexibility index (Phi) is 3.37. The van der Waals surface area contributed by atoms with Crippen LogP contribution in [0.15, 0.2) is 11.8 Å². The highest BCUT2D eigenvalue weighted by atomic mass is 16.5. The monoisotopic (exact) mass is 184 g/mol. The molecule has 0 aromatic carbocycles. The van der Waals surface area contributed by atoms with Gasteiger partial charge in [0.05, 0.1) is 19.0 Å². The standard InChI is InChI=1S/C11H20O2/c1-4-11(2,3)10(12)9-6-5-7-13-8-9/h8,10,12H,4-7H2,1-3H3. The molecule has 1 aliphatic rings. The van der Waals surface area contributed by atoms with Gasteiger partial charge in [0, 0.05) is 0 Å². The Morgan fingerprint density at radius 2 is 2.31 bits per heavy atom. The molecule has 1 N–H and O–H groups in total. The Labute approximate surface area is 80.6 Å². The van der Waals surface area contributed by atoms with Crippen LogP contribution in [0.1, 0.15) is 40.0 Å². The van der Waals surface area contributed by atoms with Gasteiger partial charge in [-0.1, -0.05) is 20.8 Å². The molecule has 1 heterocycles. The lowest BCUT2D eigenvalue weighted by atomic mass is 9.79. The molecule has 0 bridgehead atoms. The van der Waals surface area contributed by atoms with E-state index in [1.165, 1.54) is 0 Å². The molecule has 2 heteroatoms. The molecule has 1 rings (SSSR count). The van der Waals surface area contributed by atoms with Gasteiger partial charge in [-0.15, -0.1) is 0 Å². The summed E-state index contributed by atoms with van der Waals surface area (Å²) in [5.41, 5.74) is 1.02. The van der Waals surface area contributed by atoms with Crippen LogP contribution in [-0.4, -0.2) is 17.8 Å². The van der Waals surface area contributed by atoms with Gasteiger partial charge in [0.1, 0.15) is 0 Å². The van der Waals surface area contributed by atoms with Crippen molar-refractivity contribution >= 4 is 0 Å². The highest BCUT2D eigenvalue weighted by molar-refractivity contribution is 5.10. The second kappa shape index (κ2) is 4.14. The third-order valence-corrected chi connectivity index (χ3v) is 2.97. The van der Waals surface area contributed by atoms with Crippen LogP contribution in [0.5, 0.6) is 0 Å². The van der Waals surface area contributed by atoms with Crippen LogP contribution in [0.2, 0.25) is 0 Å². The van der Waals surface area contributed by atoms with E-state index in [0.29, 0.717) is 0 Å². The maximum absolute atomic E-state index is 10.1. The average molecular weight is 184 g/mol. The molecule has 0 saturated heterocycles. The lowest BCUT2D eigenvalue weighted by Gasteiger charge is -2.32. The minimum Gasteiger partial charge on any atom is -0.501 e. The first-order valence-corrected chi connectivity index (χ1v) is 5.06. The molecule has 13 heavy (non-hydrogen) atoms. The summed E-state index contributed by atoms with van der Waals surface area (Å²) < 4.78 is 5.22. The number of hydrogen-bond acceptors (Lipinski definition) is 2. The summed E-state index contributed by atoms with van der Waals surface area (Å²) in [6.45, 7) is 7.08. The molecule has 0 aromatic heterocycles. The first-order chi connectivity index (χ1) is 6.08. The Morgan fingerprint density at radius 1 is 1.62 bits per heavy atom. The van der Waals surface area contributed by atoms with Crippen molar-refractivity contribution in [2.24, 2.45) is 5.41 Å². The molecule has 1 unspecified atom stereocenters. The van der Waals surface area contributed by atoms with Gasteiger partial charge < -0.3 is 9.84 Å². The highest BCUT2D eigenvalue weighted by Gasteiger charge is 2.29. The van der Waals surface area contributed by atoms with Crippen molar-refractivity contribution in [3.63, 3.8) is 0 Å². The van der Waals surface area contributed by atoms with Gasteiger partial charge in [0.2, 0.25) is 0 Å². The van der Waals surface area contributed by atoms with E-state index in [2.05, 4.69) is 20.8 Å². The first-order valence-electron chi connectivity index (χ1n) is 5.06. The summed E-state index contributed by atoms with van der Waals surface area (Å²) in [5.74, 6) is 0. The quantitative estimate of drug-likeness (QED) is 0.730. The van der Waals surface area contributed by atoms with Gasteiger partial charge >= 0.3 is 0 Å². The minimum atomic E-state index is -0.349. The summed E-state index contributed by atoms with van der Waals surface area (Å²) in [6, 6.07) is 0. The van der Waals surface area contributed by atoms with Crippen LogP contribution >= 0.6 is 0 Å². The van der Waals surface area contributed by atoms with Crippen molar-refractivity contribution in [3.8, 4) is 0 Å². The fourth-order valence-electron chi connectivity index (χ4n) is 1.48. The Bertz CT molecular complexity index is 194. The molecule has 0 amide bonds. The molecular formula is C11H20O2. The molecule has 1 atom stereocenters. The molecule has 0 aromatic rings. The first kappa shape index (κ1) is 10.6. The predicted molar refractivity (Wildman–Crippen MR) is 53.3 cm³/mol. The van der Waals surface area contributed by atoms with Gasteiger partial charge in [-0.05, 0) is 30.3 Å². The van der Waals surface area contributed by atoms with E-state index < -0.39 is 0 Å². The summed E-state index contributed by atoms with van der Waals surface area (Å²) in [5, 5.41) is 10.1. The molecule has 0 fully saturated rings. The third-order valence-electron chi connectivity index (χ3n) is 2.97. The number of rotatable bonds is 3. The molecule has 1 aliphatic heterocycles. The van der Waals surface area contributed by atoms with E-state index in [1.54, 1.807) is 6.26 Å². The van der Waals surface area contributed by atoms with Crippen LogP contribution in [0.4, 0.5) is 0 Å². The molecule has 0 aliphatic carbocycles. The topological polar surface area (TPSA) is 29.5 Å². The lowest BCUT2D eigenvalue weighted by molar-refractivity contribution is 0.0648. The van der Waals surface area contributed by atoms with E-state index in [1.807, 2.05) is 0 Å². The number of hydrogen-bond donors (Lipinski definition) is 1. The summed E-state index contributed by atoms with van der Waals surface area (Å²) in [7, 11) is 0. The van der Waals surface area contributed by atoms with Gasteiger partial charge in [-0.2, -0.15) is 0 Å². The van der Waals surface area contributed by atoms with Crippen molar-refractivity contribution in [2.75, 3.05) is 6.61 Å². The van der Waals surface area contributed by atoms with E-state index in [0.717, 1.165) is 31.4 Å². The maximum Gasteiger partial charge on any atom is 0.0876 e. The number of aliphatic hydroxyl groups excluding tert-OH is 1. The zero-order valence-corrected chi connectivity index (χ0v) is 8.84. The molecule has 0 radical (unpaired) electrons. The second-order valence-electron chi connectivity index (χ2n) is 4.41. The Morgan fingerprint density at radius 3 is 2.77 bits per heavy atom. The van der Waals surface area contributed by atoms with Crippen molar-refractivity contribution in [2.45, 2.75) is 46.1 Å². The van der Waals surface area contributed by atoms with Crippen molar-refractivity contribution in [3.05, 3.63) is 11.8 Å². The predicted octanol–water partition coefficient (Wildman–Crippen LogP) is 2.48. The second-order valence-corrected chi connectivity index (χ2v) is 4.41. The Balaban J connectivity index is 2.65. The van der Waals surface area contributed by atoms with E-state index >= 15 is 0 Å². The summed E-state index contributed by atoms with van der Waals surface area (Å²) in [4.78, 5) is 0. The zero-order chi connectivity index (χ0) is 9.90. The van der Waals surface area contributed by atoms with Crippen molar-refractivity contribution in [1.82, 2.24) is 0 Å². The van der Waals surface area contributed by atoms with Crippen molar-refractivity contribution < 1.29 is 9.84 Å². The molecule has 0 spiro atoms. The van der Waals surface area contributed by atoms with Crippen LogP contribution in [0.3, 0.4) is 0 Å². The molecular weight excluding hydrogens is 164 g/mol. The lowest BCUT2D eigenvalue weighted by Crippen LogP contribution is -2.31. The van der Waals surface area contributed by atoms with Gasteiger partial charge in [0.15, 0.2) is 0 Å². The minimum absolute atomic E-state index is 0.0352. The van der Waals surface area contributed by atoms with Crippen LogP contribution < -0.4 is 0 Å². The van der Waals surface area contributed by atoms with E-state index in [-0.39, 0.29) is 11.5 Å². The number of aliphatic hydroxyl groups is 1. The largest absolute Gasteiger partial charge is 0.501 e.